The second-order valence-electron chi connectivity index (χ2n) is 13.0. The van der Waals surface area contributed by atoms with Crippen molar-refractivity contribution in [2.45, 2.75) is 62.8 Å². The molecule has 8 heteroatoms. The Morgan fingerprint density at radius 3 is 2.38 bits per heavy atom. The maximum Gasteiger partial charge on any atom is 0.253 e. The molecule has 1 N–H and O–H groups in total. The van der Waals surface area contributed by atoms with E-state index < -0.39 is 29.6 Å². The smallest absolute Gasteiger partial charge is 0.253 e. The molecule has 0 aliphatic carbocycles. The normalized spacial score (nSPS) is 24.4. The molecule has 47 heavy (non-hydrogen) atoms. The van der Waals surface area contributed by atoms with E-state index in [1.807, 2.05) is 72.8 Å². The maximum absolute atomic E-state index is 14.9. The Kier molecular flexibility index (Phi) is 9.89. The van der Waals surface area contributed by atoms with Crippen molar-refractivity contribution in [3.8, 4) is 0 Å². The van der Waals surface area contributed by atoms with Crippen LogP contribution in [-0.2, 0) is 25.7 Å². The Bertz CT molecular complexity index is 1630. The monoisotopic (exact) mass is 635 g/mol. The third-order valence-electron chi connectivity index (χ3n) is 10.1. The molecule has 5 atom stereocenters. The number of hydrogen-bond acceptors (Lipinski definition) is 5. The molecule has 6 rings (SSSR count). The van der Waals surface area contributed by atoms with E-state index in [9.17, 15) is 19.5 Å². The van der Waals surface area contributed by atoms with E-state index in [2.05, 4.69) is 13.2 Å². The molecule has 0 radical (unpaired) electrons. The number of ether oxygens (including phenoxy) is 1. The van der Waals surface area contributed by atoms with Crippen LogP contribution >= 0.6 is 0 Å². The Morgan fingerprint density at radius 2 is 1.64 bits per heavy atom. The number of amides is 3. The van der Waals surface area contributed by atoms with Gasteiger partial charge < -0.3 is 24.5 Å². The van der Waals surface area contributed by atoms with Gasteiger partial charge in [-0.25, -0.2) is 0 Å². The largest absolute Gasteiger partial charge is 0.396 e. The Labute approximate surface area is 277 Å². The summed E-state index contributed by atoms with van der Waals surface area (Å²) in [5.74, 6) is -1.95. The van der Waals surface area contributed by atoms with E-state index in [-0.39, 0.29) is 30.9 Å². The van der Waals surface area contributed by atoms with E-state index in [0.29, 0.717) is 45.3 Å². The second kappa shape index (κ2) is 14.2. The van der Waals surface area contributed by atoms with Gasteiger partial charge in [0.25, 0.3) is 5.91 Å². The van der Waals surface area contributed by atoms with E-state index in [4.69, 9.17) is 4.74 Å². The summed E-state index contributed by atoms with van der Waals surface area (Å²) < 4.78 is 6.77. The number of aliphatic hydroxyl groups excluding tert-OH is 1. The van der Waals surface area contributed by atoms with Gasteiger partial charge in [0.2, 0.25) is 11.8 Å². The molecule has 0 aromatic heterocycles. The summed E-state index contributed by atoms with van der Waals surface area (Å²) in [4.78, 5) is 49.1. The molecule has 3 aliphatic heterocycles. The zero-order chi connectivity index (χ0) is 33.0. The molecule has 0 saturated carbocycles. The number of carbonyl (C=O) groups is 3. The van der Waals surface area contributed by atoms with Crippen molar-refractivity contribution in [1.29, 1.82) is 0 Å². The molecule has 8 nitrogen and oxygen atoms in total. The molecule has 3 aliphatic rings. The highest BCUT2D eigenvalue weighted by molar-refractivity contribution is 6.05. The molecule has 3 amide bonds. The van der Waals surface area contributed by atoms with E-state index in [0.717, 1.165) is 34.9 Å². The van der Waals surface area contributed by atoms with Crippen molar-refractivity contribution in [2.75, 3.05) is 31.1 Å². The van der Waals surface area contributed by atoms with Crippen LogP contribution in [0.25, 0.3) is 10.8 Å². The van der Waals surface area contributed by atoms with Crippen molar-refractivity contribution < 1.29 is 24.2 Å². The van der Waals surface area contributed by atoms with E-state index in [1.54, 1.807) is 26.9 Å². The predicted molar refractivity (Wildman–Crippen MR) is 183 cm³/mol. The fraction of sp³-hybridized carbons (Fsp3) is 0.410. The number of hydrogen-bond donors (Lipinski definition) is 1. The SMILES string of the molecule is C=CCN(Cc1ccccc1)C(=O)[C@@H]1[C@H]2C(=O)N(CCCCCCO)C(C(=O)N(CC=C)c3ccc4ccccc4c3)C23CC[C@H]1O3. The Morgan fingerprint density at radius 1 is 0.915 bits per heavy atom. The van der Waals surface area contributed by atoms with Crippen molar-refractivity contribution in [2.24, 2.45) is 11.8 Å². The molecule has 3 fully saturated rings. The van der Waals surface area contributed by atoms with Crippen LogP contribution in [0.15, 0.2) is 98.1 Å². The van der Waals surface area contributed by atoms with Gasteiger partial charge in [-0.1, -0.05) is 85.7 Å². The fourth-order valence-corrected chi connectivity index (χ4v) is 8.05. The minimum Gasteiger partial charge on any atom is -0.396 e. The first kappa shape index (κ1) is 32.7. The Balaban J connectivity index is 1.35. The first-order valence-corrected chi connectivity index (χ1v) is 16.9. The van der Waals surface area contributed by atoms with Crippen molar-refractivity contribution in [1.82, 2.24) is 9.80 Å². The first-order valence-electron chi connectivity index (χ1n) is 16.9. The highest BCUT2D eigenvalue weighted by atomic mass is 16.5. The number of likely N-dealkylation sites (tertiary alicyclic amines) is 1. The van der Waals surface area contributed by atoms with Gasteiger partial charge in [-0.2, -0.15) is 0 Å². The molecule has 3 saturated heterocycles. The highest BCUT2D eigenvalue weighted by Gasteiger charge is 2.74. The summed E-state index contributed by atoms with van der Waals surface area (Å²) in [5.41, 5.74) is 0.629. The third-order valence-corrected chi connectivity index (χ3v) is 10.1. The standard InChI is InChI=1S/C39H45N3O5/c1-3-22-40(27-28-14-8-7-9-15-28)36(44)33-32-20-21-39(47-32)34(33)37(45)42(24-12-5-6-13-25-43)35(39)38(46)41(23-4-2)31-19-18-29-16-10-11-17-30(29)26-31/h3-4,7-11,14-19,26,32-35,43H,1-2,5-6,12-13,20-25,27H2/t32-,33+,34+,35?,39?/m1/s1. The minimum atomic E-state index is -1.09. The minimum absolute atomic E-state index is 0.125. The lowest BCUT2D eigenvalue weighted by Crippen LogP contribution is -2.56. The number of rotatable bonds is 15. The molecular weight excluding hydrogens is 590 g/mol. The van der Waals surface area contributed by atoms with E-state index in [1.165, 1.54) is 0 Å². The maximum atomic E-state index is 14.9. The van der Waals surface area contributed by atoms with Gasteiger partial charge in [0.15, 0.2) is 0 Å². The number of unbranched alkanes of at least 4 members (excludes halogenated alkanes) is 3. The van der Waals surface area contributed by atoms with Gasteiger partial charge in [0, 0.05) is 38.5 Å². The summed E-state index contributed by atoms with van der Waals surface area (Å²) in [6, 6.07) is 22.9. The van der Waals surface area contributed by atoms with Crippen LogP contribution < -0.4 is 4.90 Å². The second-order valence-corrected chi connectivity index (χ2v) is 13.0. The molecule has 3 heterocycles. The number of anilines is 1. The molecule has 246 valence electrons. The quantitative estimate of drug-likeness (QED) is 0.176. The van der Waals surface area contributed by atoms with Gasteiger partial charge in [0.1, 0.15) is 11.6 Å². The summed E-state index contributed by atoms with van der Waals surface area (Å²) in [6.07, 6.45) is 7.16. The lowest BCUT2D eigenvalue weighted by atomic mass is 9.70. The average molecular weight is 636 g/mol. The molecule has 2 unspecified atom stereocenters. The van der Waals surface area contributed by atoms with Gasteiger partial charge in [0.05, 0.1) is 17.9 Å². The lowest BCUT2D eigenvalue weighted by molar-refractivity contribution is -0.145. The lowest BCUT2D eigenvalue weighted by Gasteiger charge is -2.37. The Hall–Kier alpha value is -4.27. The van der Waals surface area contributed by atoms with Gasteiger partial charge in [-0.05, 0) is 54.2 Å². The summed E-state index contributed by atoms with van der Waals surface area (Å²) >= 11 is 0. The van der Waals surface area contributed by atoms with Crippen LogP contribution in [0.3, 0.4) is 0 Å². The summed E-state index contributed by atoms with van der Waals surface area (Å²) in [7, 11) is 0. The van der Waals surface area contributed by atoms with Crippen molar-refractivity contribution in [3.05, 3.63) is 104 Å². The van der Waals surface area contributed by atoms with Crippen molar-refractivity contribution >= 4 is 34.2 Å². The fourth-order valence-electron chi connectivity index (χ4n) is 8.05. The number of aliphatic hydroxyl groups is 1. The molecule has 1 spiro atoms. The zero-order valence-electron chi connectivity index (χ0n) is 27.0. The molecule has 3 aromatic carbocycles. The van der Waals surface area contributed by atoms with Gasteiger partial charge in [-0.15, -0.1) is 13.2 Å². The van der Waals surface area contributed by atoms with Crippen LogP contribution in [-0.4, -0.2) is 76.6 Å². The average Bonchev–Trinajstić information content (AvgIpc) is 3.74. The van der Waals surface area contributed by atoms with E-state index >= 15 is 0 Å². The summed E-state index contributed by atoms with van der Waals surface area (Å²) in [5, 5.41) is 11.4. The van der Waals surface area contributed by atoms with Crippen LogP contribution in [0.5, 0.6) is 0 Å². The highest BCUT2D eigenvalue weighted by Crippen LogP contribution is 2.59. The zero-order valence-corrected chi connectivity index (χ0v) is 27.0. The molecule has 2 bridgehead atoms. The van der Waals surface area contributed by atoms with Crippen LogP contribution in [0.2, 0.25) is 0 Å². The number of fused-ring (bicyclic) bond motifs is 2. The van der Waals surface area contributed by atoms with Gasteiger partial charge in [-0.3, -0.25) is 14.4 Å². The van der Waals surface area contributed by atoms with Crippen LogP contribution in [0, 0.1) is 11.8 Å². The van der Waals surface area contributed by atoms with Gasteiger partial charge >= 0.3 is 0 Å². The topological polar surface area (TPSA) is 90.4 Å². The molecule has 3 aromatic rings. The molecular formula is C39H45N3O5. The first-order chi connectivity index (χ1) is 22.9. The van der Waals surface area contributed by atoms with Crippen molar-refractivity contribution in [3.63, 3.8) is 0 Å². The van der Waals surface area contributed by atoms with Crippen LogP contribution in [0.4, 0.5) is 5.69 Å². The predicted octanol–water partition coefficient (Wildman–Crippen LogP) is 5.50. The number of nitrogens with zero attached hydrogens (tertiary/aromatic N) is 3. The van der Waals surface area contributed by atoms with Crippen LogP contribution in [0.1, 0.15) is 44.1 Å². The third kappa shape index (κ3) is 6.12. The summed E-state index contributed by atoms with van der Waals surface area (Å²) in [6.45, 7) is 9.35. The number of carbonyl (C=O) groups excluding carboxylic acids is 3. The number of benzene rings is 3.